The van der Waals surface area contributed by atoms with Gasteiger partial charge in [-0.25, -0.2) is 9.67 Å². The van der Waals surface area contributed by atoms with Crippen LogP contribution in [0.2, 0.25) is 0 Å². The van der Waals surface area contributed by atoms with Gasteiger partial charge in [-0.3, -0.25) is 9.71 Å². The van der Waals surface area contributed by atoms with E-state index in [1.807, 2.05) is 0 Å². The minimum Gasteiger partial charge on any atom is -0.261 e. The van der Waals surface area contributed by atoms with E-state index in [2.05, 4.69) is 40.9 Å². The first-order chi connectivity index (χ1) is 8.00. The summed E-state index contributed by atoms with van der Waals surface area (Å²) in [5, 5.41) is 7.11. The van der Waals surface area contributed by atoms with E-state index >= 15 is 0 Å². The Morgan fingerprint density at radius 3 is 2.71 bits per heavy atom. The van der Waals surface area contributed by atoms with Gasteiger partial charge in [0.1, 0.15) is 0 Å². The van der Waals surface area contributed by atoms with Crippen LogP contribution < -0.4 is 4.72 Å². The van der Waals surface area contributed by atoms with Crippen molar-refractivity contribution in [2.75, 3.05) is 4.72 Å². The Balaban J connectivity index is 2.39. The predicted octanol–water partition coefficient (Wildman–Crippen LogP) is 0.168. The van der Waals surface area contributed by atoms with Crippen LogP contribution in [0.15, 0.2) is 28.2 Å². The molecule has 0 bridgehead atoms. The molecule has 0 aliphatic heterocycles. The van der Waals surface area contributed by atoms with Crippen molar-refractivity contribution in [1.29, 1.82) is 0 Å². The van der Waals surface area contributed by atoms with Crippen LogP contribution in [-0.4, -0.2) is 33.4 Å². The fourth-order valence-corrected chi connectivity index (χ4v) is 3.24. The van der Waals surface area contributed by atoms with Crippen molar-refractivity contribution >= 4 is 31.8 Å². The monoisotopic (exact) mass is 318 g/mol. The minimum absolute atomic E-state index is 0.0804. The maximum Gasteiger partial charge on any atom is 0.283 e. The molecule has 2 rings (SSSR count). The first-order valence-electron chi connectivity index (χ1n) is 4.35. The van der Waals surface area contributed by atoms with Gasteiger partial charge in [-0.15, -0.1) is 5.10 Å². The normalized spacial score (nSPS) is 11.4. The second-order valence-corrected chi connectivity index (χ2v) is 5.35. The standard InChI is InChI=1S/C7H7BrN6O2S/c1-14-7(6(8)11-13-14)17(15,16)12-5-4-9-2-3-10-5/h2-4H,1H3,(H,10,12). The fourth-order valence-electron chi connectivity index (χ4n) is 1.15. The zero-order valence-corrected chi connectivity index (χ0v) is 11.0. The molecule has 0 atom stereocenters. The first-order valence-corrected chi connectivity index (χ1v) is 6.62. The Morgan fingerprint density at radius 1 is 1.41 bits per heavy atom. The van der Waals surface area contributed by atoms with E-state index in [1.165, 1.54) is 25.6 Å². The molecule has 17 heavy (non-hydrogen) atoms. The van der Waals surface area contributed by atoms with Gasteiger partial charge in [-0.1, -0.05) is 5.21 Å². The molecule has 0 aromatic carbocycles. The highest BCUT2D eigenvalue weighted by Crippen LogP contribution is 2.19. The van der Waals surface area contributed by atoms with Gasteiger partial charge in [0.2, 0.25) is 5.03 Å². The van der Waals surface area contributed by atoms with Crippen LogP contribution >= 0.6 is 15.9 Å². The number of aryl methyl sites for hydroxylation is 1. The zero-order chi connectivity index (χ0) is 12.5. The van der Waals surface area contributed by atoms with Crippen molar-refractivity contribution in [2.45, 2.75) is 5.03 Å². The topological polar surface area (TPSA) is 103 Å². The number of rotatable bonds is 3. The lowest BCUT2D eigenvalue weighted by Crippen LogP contribution is -2.17. The van der Waals surface area contributed by atoms with Gasteiger partial charge >= 0.3 is 0 Å². The third kappa shape index (κ3) is 2.42. The Labute approximate surface area is 105 Å². The second-order valence-electron chi connectivity index (χ2n) is 3.01. The van der Waals surface area contributed by atoms with E-state index in [4.69, 9.17) is 0 Å². The maximum absolute atomic E-state index is 12.0. The van der Waals surface area contributed by atoms with E-state index in [9.17, 15) is 8.42 Å². The van der Waals surface area contributed by atoms with Crippen molar-refractivity contribution < 1.29 is 8.42 Å². The summed E-state index contributed by atoms with van der Waals surface area (Å²) >= 11 is 3.02. The summed E-state index contributed by atoms with van der Waals surface area (Å²) in [7, 11) is -2.32. The molecule has 0 aliphatic rings. The number of sulfonamides is 1. The van der Waals surface area contributed by atoms with Gasteiger partial charge in [-0.2, -0.15) is 8.42 Å². The second kappa shape index (κ2) is 4.37. The molecule has 0 saturated carbocycles. The molecule has 0 radical (unpaired) electrons. The van der Waals surface area contributed by atoms with E-state index < -0.39 is 10.0 Å². The summed E-state index contributed by atoms with van der Waals surface area (Å²) in [6.07, 6.45) is 4.13. The molecule has 10 heteroatoms. The molecule has 90 valence electrons. The Bertz CT molecular complexity index is 606. The van der Waals surface area contributed by atoms with Gasteiger partial charge in [0, 0.05) is 19.4 Å². The summed E-state index contributed by atoms with van der Waals surface area (Å²) in [5.41, 5.74) is 0. The van der Waals surface area contributed by atoms with Crippen molar-refractivity contribution in [1.82, 2.24) is 25.0 Å². The molecule has 2 aromatic rings. The average molecular weight is 319 g/mol. The molecule has 2 aromatic heterocycles. The SMILES string of the molecule is Cn1nnc(Br)c1S(=O)(=O)Nc1cnccn1. The van der Waals surface area contributed by atoms with Crippen LogP contribution in [0.5, 0.6) is 0 Å². The zero-order valence-electron chi connectivity index (χ0n) is 8.57. The van der Waals surface area contributed by atoms with Gasteiger partial charge in [-0.05, 0) is 15.9 Å². The van der Waals surface area contributed by atoms with Gasteiger partial charge < -0.3 is 0 Å². The maximum atomic E-state index is 12.0. The highest BCUT2D eigenvalue weighted by atomic mass is 79.9. The Kier molecular flexibility index (Phi) is 3.07. The average Bonchev–Trinajstić information content (AvgIpc) is 2.59. The number of anilines is 1. The summed E-state index contributed by atoms with van der Waals surface area (Å²) in [6.45, 7) is 0. The highest BCUT2D eigenvalue weighted by Gasteiger charge is 2.24. The molecule has 0 spiro atoms. The third-order valence-electron chi connectivity index (χ3n) is 1.79. The van der Waals surface area contributed by atoms with Crippen LogP contribution in [0.25, 0.3) is 0 Å². The molecule has 0 aliphatic carbocycles. The minimum atomic E-state index is -3.79. The Hall–Kier alpha value is -1.55. The van der Waals surface area contributed by atoms with Crippen LogP contribution in [-0.2, 0) is 17.1 Å². The lowest BCUT2D eigenvalue weighted by Gasteiger charge is -2.06. The van der Waals surface area contributed by atoms with E-state index in [0.29, 0.717) is 0 Å². The number of hydrogen-bond acceptors (Lipinski definition) is 6. The number of nitrogens with zero attached hydrogens (tertiary/aromatic N) is 5. The lowest BCUT2D eigenvalue weighted by molar-refractivity contribution is 0.578. The molecule has 0 unspecified atom stereocenters. The van der Waals surface area contributed by atoms with E-state index in [-0.39, 0.29) is 15.4 Å². The summed E-state index contributed by atoms with van der Waals surface area (Å²) in [4.78, 5) is 7.57. The van der Waals surface area contributed by atoms with Crippen molar-refractivity contribution in [3.05, 3.63) is 23.2 Å². The van der Waals surface area contributed by atoms with Gasteiger partial charge in [0.05, 0.1) is 6.20 Å². The van der Waals surface area contributed by atoms with Gasteiger partial charge in [0.15, 0.2) is 10.4 Å². The quantitative estimate of drug-likeness (QED) is 0.865. The van der Waals surface area contributed by atoms with Crippen molar-refractivity contribution in [3.8, 4) is 0 Å². The van der Waals surface area contributed by atoms with Crippen LogP contribution in [0.4, 0.5) is 5.82 Å². The fraction of sp³-hybridized carbons (Fsp3) is 0.143. The largest absolute Gasteiger partial charge is 0.283 e. The molecular weight excluding hydrogens is 312 g/mol. The Morgan fingerprint density at radius 2 is 2.18 bits per heavy atom. The number of nitrogens with one attached hydrogen (secondary N) is 1. The van der Waals surface area contributed by atoms with Crippen molar-refractivity contribution in [3.63, 3.8) is 0 Å². The summed E-state index contributed by atoms with van der Waals surface area (Å²) in [5.74, 6) is 0.126. The molecular formula is C7H7BrN6O2S. The molecule has 0 fully saturated rings. The van der Waals surface area contributed by atoms with Crippen LogP contribution in [0.1, 0.15) is 0 Å². The lowest BCUT2D eigenvalue weighted by atomic mass is 10.7. The molecule has 8 nitrogen and oxygen atoms in total. The predicted molar refractivity (Wildman–Crippen MR) is 61.5 cm³/mol. The number of hydrogen-bond donors (Lipinski definition) is 1. The first kappa shape index (κ1) is 11.9. The third-order valence-corrected chi connectivity index (χ3v) is 4.03. The smallest absolute Gasteiger partial charge is 0.261 e. The molecule has 2 heterocycles. The number of aromatic nitrogens is 5. The van der Waals surface area contributed by atoms with E-state index in [0.717, 1.165) is 4.68 Å². The molecule has 0 saturated heterocycles. The summed E-state index contributed by atoms with van der Waals surface area (Å²) < 4.78 is 27.5. The molecule has 1 N–H and O–H groups in total. The van der Waals surface area contributed by atoms with Crippen LogP contribution in [0, 0.1) is 0 Å². The van der Waals surface area contributed by atoms with Crippen molar-refractivity contribution in [2.24, 2.45) is 7.05 Å². The van der Waals surface area contributed by atoms with Gasteiger partial charge in [0.25, 0.3) is 10.0 Å². The highest BCUT2D eigenvalue weighted by molar-refractivity contribution is 9.10. The summed E-state index contributed by atoms with van der Waals surface area (Å²) in [6, 6.07) is 0. The molecule has 0 amide bonds. The van der Waals surface area contributed by atoms with E-state index in [1.54, 1.807) is 0 Å². The van der Waals surface area contributed by atoms with Crippen LogP contribution in [0.3, 0.4) is 0 Å². The number of halogens is 1.